The molecule has 1 saturated heterocycles. The van der Waals surface area contributed by atoms with Gasteiger partial charge in [0.1, 0.15) is 0 Å². The third-order valence-corrected chi connectivity index (χ3v) is 3.12. The molecule has 0 radical (unpaired) electrons. The van der Waals surface area contributed by atoms with Crippen LogP contribution in [0.5, 0.6) is 0 Å². The fraction of sp³-hybridized carbons (Fsp3) is 0.692. The van der Waals surface area contributed by atoms with Crippen molar-refractivity contribution in [2.45, 2.75) is 51.4 Å². The molecule has 1 aliphatic rings. The van der Waals surface area contributed by atoms with E-state index in [1.54, 1.807) is 17.8 Å². The maximum atomic E-state index is 11.6. The van der Waals surface area contributed by atoms with Gasteiger partial charge >= 0.3 is 0 Å². The molecule has 0 aliphatic carbocycles. The molecular formula is C13H21N3O3. The molecule has 1 amide bonds. The zero-order valence-electron chi connectivity index (χ0n) is 11.2. The van der Waals surface area contributed by atoms with E-state index in [4.69, 9.17) is 9.84 Å². The maximum absolute atomic E-state index is 11.6. The molecule has 2 unspecified atom stereocenters. The van der Waals surface area contributed by atoms with Crippen molar-refractivity contribution in [3.8, 4) is 0 Å². The third kappa shape index (κ3) is 4.65. The van der Waals surface area contributed by atoms with Crippen molar-refractivity contribution in [1.82, 2.24) is 9.78 Å². The van der Waals surface area contributed by atoms with Crippen molar-refractivity contribution in [1.29, 1.82) is 0 Å². The molecule has 1 fully saturated rings. The topological polar surface area (TPSA) is 76.4 Å². The number of hydrogen-bond acceptors (Lipinski definition) is 4. The van der Waals surface area contributed by atoms with Crippen LogP contribution in [0.4, 0.5) is 5.69 Å². The molecule has 2 atom stereocenters. The first-order valence-electron chi connectivity index (χ1n) is 6.75. The molecule has 6 nitrogen and oxygen atoms in total. The molecule has 2 N–H and O–H groups in total. The van der Waals surface area contributed by atoms with Gasteiger partial charge < -0.3 is 15.2 Å². The standard InChI is InChI=1S/C13H21N3O3/c1-10(17)4-5-13(18)15-11-7-14-16(8-11)9-12-3-2-6-19-12/h7-8,10,12,17H,2-6,9H2,1H3,(H,15,18). The highest BCUT2D eigenvalue weighted by Crippen LogP contribution is 2.15. The van der Waals surface area contributed by atoms with Crippen molar-refractivity contribution < 1.29 is 14.6 Å². The number of anilines is 1. The Kier molecular flexibility index (Phi) is 4.93. The average molecular weight is 267 g/mol. The number of nitrogens with one attached hydrogen (secondary N) is 1. The fourth-order valence-electron chi connectivity index (χ4n) is 2.09. The van der Waals surface area contributed by atoms with E-state index in [0.29, 0.717) is 18.5 Å². The third-order valence-electron chi connectivity index (χ3n) is 3.12. The summed E-state index contributed by atoms with van der Waals surface area (Å²) >= 11 is 0. The molecule has 2 heterocycles. The lowest BCUT2D eigenvalue weighted by molar-refractivity contribution is -0.116. The summed E-state index contributed by atoms with van der Waals surface area (Å²) in [5, 5.41) is 16.1. The highest BCUT2D eigenvalue weighted by molar-refractivity contribution is 5.90. The van der Waals surface area contributed by atoms with Crippen LogP contribution in [0, 0.1) is 0 Å². The second-order valence-electron chi connectivity index (χ2n) is 5.02. The van der Waals surface area contributed by atoms with Crippen LogP contribution >= 0.6 is 0 Å². The highest BCUT2D eigenvalue weighted by atomic mass is 16.5. The summed E-state index contributed by atoms with van der Waals surface area (Å²) in [6.45, 7) is 3.23. The Morgan fingerprint density at radius 3 is 3.26 bits per heavy atom. The van der Waals surface area contributed by atoms with Gasteiger partial charge in [-0.25, -0.2) is 0 Å². The van der Waals surface area contributed by atoms with E-state index in [2.05, 4.69) is 10.4 Å². The van der Waals surface area contributed by atoms with E-state index in [-0.39, 0.29) is 12.0 Å². The molecule has 1 aliphatic heterocycles. The summed E-state index contributed by atoms with van der Waals surface area (Å²) < 4.78 is 7.33. The van der Waals surface area contributed by atoms with E-state index in [9.17, 15) is 4.79 Å². The normalized spacial score (nSPS) is 20.4. The molecule has 0 saturated carbocycles. The van der Waals surface area contributed by atoms with Crippen LogP contribution in [0.25, 0.3) is 0 Å². The van der Waals surface area contributed by atoms with Crippen LogP contribution in [0.15, 0.2) is 12.4 Å². The van der Waals surface area contributed by atoms with Gasteiger partial charge in [0.15, 0.2) is 0 Å². The molecule has 106 valence electrons. The largest absolute Gasteiger partial charge is 0.393 e. The zero-order valence-corrected chi connectivity index (χ0v) is 11.2. The highest BCUT2D eigenvalue weighted by Gasteiger charge is 2.16. The number of nitrogens with zero attached hydrogens (tertiary/aromatic N) is 2. The van der Waals surface area contributed by atoms with Gasteiger partial charge in [0.05, 0.1) is 30.6 Å². The van der Waals surface area contributed by atoms with Gasteiger partial charge in [-0.1, -0.05) is 0 Å². The van der Waals surface area contributed by atoms with Gasteiger partial charge in [-0.3, -0.25) is 9.48 Å². The van der Waals surface area contributed by atoms with Crippen LogP contribution in [-0.4, -0.2) is 39.6 Å². The molecule has 0 bridgehead atoms. The van der Waals surface area contributed by atoms with E-state index >= 15 is 0 Å². The fourth-order valence-corrected chi connectivity index (χ4v) is 2.09. The Hall–Kier alpha value is -1.40. The Morgan fingerprint density at radius 1 is 1.74 bits per heavy atom. The van der Waals surface area contributed by atoms with Crippen LogP contribution in [0.3, 0.4) is 0 Å². The Bertz CT molecular complexity index is 411. The lowest BCUT2D eigenvalue weighted by Crippen LogP contribution is -2.15. The Balaban J connectivity index is 1.78. The van der Waals surface area contributed by atoms with Gasteiger partial charge in [0, 0.05) is 19.2 Å². The predicted octanol–water partition coefficient (Wildman–Crippen LogP) is 1.16. The summed E-state index contributed by atoms with van der Waals surface area (Å²) in [6.07, 6.45) is 6.18. The second kappa shape index (κ2) is 6.68. The summed E-state index contributed by atoms with van der Waals surface area (Å²) in [4.78, 5) is 11.6. The maximum Gasteiger partial charge on any atom is 0.224 e. The van der Waals surface area contributed by atoms with Crippen molar-refractivity contribution in [3.05, 3.63) is 12.4 Å². The average Bonchev–Trinajstić information content (AvgIpc) is 2.99. The number of carbonyl (C=O) groups excluding carboxylic acids is 1. The Morgan fingerprint density at radius 2 is 2.58 bits per heavy atom. The van der Waals surface area contributed by atoms with Gasteiger partial charge in [0.25, 0.3) is 0 Å². The predicted molar refractivity (Wildman–Crippen MR) is 70.7 cm³/mol. The number of aliphatic hydroxyl groups is 1. The van der Waals surface area contributed by atoms with Crippen molar-refractivity contribution in [2.24, 2.45) is 0 Å². The lowest BCUT2D eigenvalue weighted by atomic mass is 10.2. The van der Waals surface area contributed by atoms with Gasteiger partial charge in [-0.2, -0.15) is 5.10 Å². The van der Waals surface area contributed by atoms with Gasteiger partial charge in [-0.05, 0) is 26.2 Å². The number of amides is 1. The van der Waals surface area contributed by atoms with Gasteiger partial charge in [0.2, 0.25) is 5.91 Å². The molecule has 19 heavy (non-hydrogen) atoms. The summed E-state index contributed by atoms with van der Waals surface area (Å²) in [5.41, 5.74) is 0.689. The van der Waals surface area contributed by atoms with E-state index < -0.39 is 6.10 Å². The van der Waals surface area contributed by atoms with E-state index in [0.717, 1.165) is 26.0 Å². The number of aliphatic hydroxyl groups excluding tert-OH is 1. The van der Waals surface area contributed by atoms with Crippen LogP contribution in [0.2, 0.25) is 0 Å². The second-order valence-corrected chi connectivity index (χ2v) is 5.02. The summed E-state index contributed by atoms with van der Waals surface area (Å²) in [7, 11) is 0. The molecule has 1 aromatic heterocycles. The first-order valence-corrected chi connectivity index (χ1v) is 6.75. The number of carbonyl (C=O) groups is 1. The van der Waals surface area contributed by atoms with Crippen LogP contribution in [0.1, 0.15) is 32.6 Å². The molecule has 0 spiro atoms. The number of aromatic nitrogens is 2. The van der Waals surface area contributed by atoms with E-state index in [1.807, 2.05) is 6.20 Å². The number of hydrogen-bond donors (Lipinski definition) is 2. The number of ether oxygens (including phenoxy) is 1. The molecule has 1 aromatic rings. The van der Waals surface area contributed by atoms with Crippen LogP contribution in [-0.2, 0) is 16.1 Å². The minimum Gasteiger partial charge on any atom is -0.393 e. The van der Waals surface area contributed by atoms with Crippen molar-refractivity contribution in [3.63, 3.8) is 0 Å². The minimum absolute atomic E-state index is 0.0995. The SMILES string of the molecule is CC(O)CCC(=O)Nc1cnn(CC2CCCO2)c1. The first-order chi connectivity index (χ1) is 9.13. The monoisotopic (exact) mass is 267 g/mol. The quantitative estimate of drug-likeness (QED) is 0.811. The van der Waals surface area contributed by atoms with Crippen molar-refractivity contribution >= 4 is 11.6 Å². The van der Waals surface area contributed by atoms with E-state index in [1.165, 1.54) is 0 Å². The van der Waals surface area contributed by atoms with Gasteiger partial charge in [-0.15, -0.1) is 0 Å². The molecule has 6 heteroatoms. The summed E-state index contributed by atoms with van der Waals surface area (Å²) in [6, 6.07) is 0. The van der Waals surface area contributed by atoms with Crippen molar-refractivity contribution in [2.75, 3.05) is 11.9 Å². The minimum atomic E-state index is -0.451. The molecule has 0 aromatic carbocycles. The lowest BCUT2D eigenvalue weighted by Gasteiger charge is -2.08. The van der Waals surface area contributed by atoms with Crippen LogP contribution < -0.4 is 5.32 Å². The number of rotatable bonds is 6. The smallest absolute Gasteiger partial charge is 0.224 e. The Labute approximate surface area is 112 Å². The summed E-state index contributed by atoms with van der Waals surface area (Å²) in [5.74, 6) is -0.0995. The first kappa shape index (κ1) is 14.0. The zero-order chi connectivity index (χ0) is 13.7. The molecular weight excluding hydrogens is 246 g/mol. The molecule has 2 rings (SSSR count).